The molecule has 0 aromatic heterocycles. The predicted octanol–water partition coefficient (Wildman–Crippen LogP) is 3.81. The minimum absolute atomic E-state index is 0.0247. The molecule has 1 heterocycles. The first kappa shape index (κ1) is 21.0. The Morgan fingerprint density at radius 3 is 2.48 bits per heavy atom. The molecular weight excluding hydrogens is 392 g/mol. The highest BCUT2D eigenvalue weighted by atomic mass is 35.5. The van der Waals surface area contributed by atoms with Crippen molar-refractivity contribution < 1.29 is 19.1 Å². The number of nitrogens with two attached hydrogens (primary N) is 1. The third-order valence-electron chi connectivity index (χ3n) is 4.98. The summed E-state index contributed by atoms with van der Waals surface area (Å²) in [6.07, 6.45) is 1.85. The third-order valence-corrected chi connectivity index (χ3v) is 5.26. The van der Waals surface area contributed by atoms with Crippen molar-refractivity contribution in [2.24, 2.45) is 5.73 Å². The number of halogens is 1. The van der Waals surface area contributed by atoms with Crippen LogP contribution in [0.5, 0.6) is 11.5 Å². The molecule has 0 spiro atoms. The molecule has 1 atom stereocenters. The number of carbonyl (C=O) groups excluding carboxylic acids is 2. The van der Waals surface area contributed by atoms with Crippen molar-refractivity contribution in [2.45, 2.75) is 32.7 Å². The second kappa shape index (κ2) is 8.74. The van der Waals surface area contributed by atoms with Gasteiger partial charge in [0.25, 0.3) is 11.8 Å². The Balaban J connectivity index is 1.90. The summed E-state index contributed by atoms with van der Waals surface area (Å²) in [6, 6.07) is 9.55. The Morgan fingerprint density at radius 2 is 1.86 bits per heavy atom. The van der Waals surface area contributed by atoms with E-state index in [2.05, 4.69) is 32.0 Å². The van der Waals surface area contributed by atoms with E-state index in [-0.39, 0.29) is 35.1 Å². The van der Waals surface area contributed by atoms with Crippen molar-refractivity contribution >= 4 is 23.4 Å². The number of hydrogen-bond acceptors (Lipinski definition) is 4. The summed E-state index contributed by atoms with van der Waals surface area (Å²) in [5.74, 6) is -0.272. The number of carbonyl (C=O) groups is 2. The molecule has 2 aromatic rings. The summed E-state index contributed by atoms with van der Waals surface area (Å²) < 4.78 is 10.7. The number of benzene rings is 2. The third kappa shape index (κ3) is 4.65. The Bertz CT molecular complexity index is 924. The van der Waals surface area contributed by atoms with Crippen molar-refractivity contribution in [3.05, 3.63) is 57.6 Å². The molecule has 29 heavy (non-hydrogen) atoms. The number of likely N-dealkylation sites (tertiary alicyclic amines) is 1. The normalized spacial score (nSPS) is 16.0. The molecule has 1 fully saturated rings. The quantitative estimate of drug-likeness (QED) is 0.776. The Kier molecular flexibility index (Phi) is 6.33. The highest BCUT2D eigenvalue weighted by molar-refractivity contribution is 6.32. The van der Waals surface area contributed by atoms with Gasteiger partial charge in [-0.3, -0.25) is 9.59 Å². The van der Waals surface area contributed by atoms with Gasteiger partial charge in [0, 0.05) is 12.1 Å². The zero-order chi connectivity index (χ0) is 21.1. The Morgan fingerprint density at radius 1 is 1.17 bits per heavy atom. The van der Waals surface area contributed by atoms with Gasteiger partial charge in [0.15, 0.2) is 18.1 Å². The molecule has 0 bridgehead atoms. The number of hydrogen-bond donors (Lipinski definition) is 1. The first-order valence-electron chi connectivity index (χ1n) is 9.48. The van der Waals surface area contributed by atoms with Crippen LogP contribution >= 0.6 is 11.6 Å². The molecule has 1 unspecified atom stereocenters. The predicted molar refractivity (Wildman–Crippen MR) is 112 cm³/mol. The molecule has 0 saturated carbocycles. The van der Waals surface area contributed by atoms with Gasteiger partial charge in [0.2, 0.25) is 0 Å². The molecule has 1 saturated heterocycles. The highest BCUT2D eigenvalue weighted by Crippen LogP contribution is 2.39. The van der Waals surface area contributed by atoms with Gasteiger partial charge in [-0.25, -0.2) is 0 Å². The molecule has 2 amide bonds. The number of ether oxygens (including phenoxy) is 2. The molecule has 1 aliphatic heterocycles. The van der Waals surface area contributed by atoms with Gasteiger partial charge < -0.3 is 20.1 Å². The number of methoxy groups -OCH3 is 1. The Labute approximate surface area is 175 Å². The van der Waals surface area contributed by atoms with Crippen LogP contribution in [0.3, 0.4) is 0 Å². The monoisotopic (exact) mass is 416 g/mol. The molecule has 3 rings (SSSR count). The van der Waals surface area contributed by atoms with Gasteiger partial charge in [0.05, 0.1) is 18.2 Å². The van der Waals surface area contributed by atoms with E-state index in [0.717, 1.165) is 18.4 Å². The van der Waals surface area contributed by atoms with E-state index >= 15 is 0 Å². The van der Waals surface area contributed by atoms with Gasteiger partial charge in [0.1, 0.15) is 0 Å². The van der Waals surface area contributed by atoms with Crippen LogP contribution in [0, 0.1) is 13.8 Å². The highest BCUT2D eigenvalue weighted by Gasteiger charge is 2.31. The standard InChI is InChI=1S/C22H25ClN2O4/c1-13-7-14(2)9-15(8-13)18-5-4-6-25(18)22(27)16-10-17(23)21(19(11-16)28-3)29-12-20(24)26/h7-11,18H,4-6,12H2,1-3H3,(H2,24,26). The van der Waals surface area contributed by atoms with E-state index in [0.29, 0.717) is 12.1 Å². The lowest BCUT2D eigenvalue weighted by Gasteiger charge is -2.26. The van der Waals surface area contributed by atoms with Crippen LogP contribution in [0.4, 0.5) is 0 Å². The van der Waals surface area contributed by atoms with E-state index in [1.54, 1.807) is 12.1 Å². The fourth-order valence-electron chi connectivity index (χ4n) is 3.85. The average molecular weight is 417 g/mol. The smallest absolute Gasteiger partial charge is 0.255 e. The molecular formula is C22H25ClN2O4. The maximum Gasteiger partial charge on any atom is 0.255 e. The zero-order valence-corrected chi connectivity index (χ0v) is 17.6. The SMILES string of the molecule is COc1cc(C(=O)N2CCCC2c2cc(C)cc(C)c2)cc(Cl)c1OCC(N)=O. The van der Waals surface area contributed by atoms with Crippen LogP contribution in [0.15, 0.2) is 30.3 Å². The number of amides is 2. The van der Waals surface area contributed by atoms with Gasteiger partial charge in [-0.15, -0.1) is 0 Å². The molecule has 2 aromatic carbocycles. The van der Waals surface area contributed by atoms with Gasteiger partial charge in [-0.1, -0.05) is 40.9 Å². The van der Waals surface area contributed by atoms with Crippen molar-refractivity contribution in [2.75, 3.05) is 20.3 Å². The second-order valence-electron chi connectivity index (χ2n) is 7.32. The van der Waals surface area contributed by atoms with Crippen LogP contribution in [0.2, 0.25) is 5.02 Å². The number of nitrogens with zero attached hydrogens (tertiary/aromatic N) is 1. The summed E-state index contributed by atoms with van der Waals surface area (Å²) >= 11 is 6.31. The molecule has 6 nitrogen and oxygen atoms in total. The van der Waals surface area contributed by atoms with E-state index in [9.17, 15) is 9.59 Å². The lowest BCUT2D eigenvalue weighted by atomic mass is 9.99. The number of primary amides is 1. The average Bonchev–Trinajstić information content (AvgIpc) is 3.14. The van der Waals surface area contributed by atoms with E-state index in [1.165, 1.54) is 18.2 Å². The fourth-order valence-corrected chi connectivity index (χ4v) is 4.12. The molecule has 7 heteroatoms. The van der Waals surface area contributed by atoms with Crippen molar-refractivity contribution in [1.29, 1.82) is 0 Å². The van der Waals surface area contributed by atoms with E-state index < -0.39 is 5.91 Å². The maximum atomic E-state index is 13.3. The molecule has 154 valence electrons. The first-order valence-corrected chi connectivity index (χ1v) is 9.85. The summed E-state index contributed by atoms with van der Waals surface area (Å²) in [5, 5.41) is 0.191. The van der Waals surface area contributed by atoms with Gasteiger partial charge in [-0.2, -0.15) is 0 Å². The van der Waals surface area contributed by atoms with Crippen molar-refractivity contribution in [3.8, 4) is 11.5 Å². The molecule has 0 radical (unpaired) electrons. The minimum Gasteiger partial charge on any atom is -0.493 e. The summed E-state index contributed by atoms with van der Waals surface area (Å²) in [5.41, 5.74) is 9.04. The topological polar surface area (TPSA) is 81.9 Å². The number of aryl methyl sites for hydroxylation is 2. The van der Waals surface area contributed by atoms with Crippen LogP contribution < -0.4 is 15.2 Å². The lowest BCUT2D eigenvalue weighted by Crippen LogP contribution is -2.30. The number of rotatable bonds is 6. The van der Waals surface area contributed by atoms with Crippen LogP contribution in [0.25, 0.3) is 0 Å². The minimum atomic E-state index is -0.628. The van der Waals surface area contributed by atoms with Crippen LogP contribution in [-0.2, 0) is 4.79 Å². The molecule has 0 aliphatic carbocycles. The maximum absolute atomic E-state index is 13.3. The molecule has 1 aliphatic rings. The van der Waals surface area contributed by atoms with E-state index in [4.69, 9.17) is 26.8 Å². The van der Waals surface area contributed by atoms with E-state index in [1.807, 2.05) is 4.90 Å². The summed E-state index contributed by atoms with van der Waals surface area (Å²) in [7, 11) is 1.45. The van der Waals surface area contributed by atoms with Gasteiger partial charge >= 0.3 is 0 Å². The second-order valence-corrected chi connectivity index (χ2v) is 7.73. The Hall–Kier alpha value is -2.73. The fraction of sp³-hybridized carbons (Fsp3) is 0.364. The van der Waals surface area contributed by atoms with Gasteiger partial charge in [-0.05, 0) is 44.4 Å². The summed E-state index contributed by atoms with van der Waals surface area (Å²) in [6.45, 7) is 4.47. The largest absolute Gasteiger partial charge is 0.493 e. The molecule has 2 N–H and O–H groups in total. The summed E-state index contributed by atoms with van der Waals surface area (Å²) in [4.78, 5) is 26.2. The van der Waals surface area contributed by atoms with Crippen molar-refractivity contribution in [3.63, 3.8) is 0 Å². The lowest BCUT2D eigenvalue weighted by molar-refractivity contribution is -0.119. The first-order chi connectivity index (χ1) is 13.8. The van der Waals surface area contributed by atoms with Crippen LogP contribution in [0.1, 0.15) is 45.9 Å². The van der Waals surface area contributed by atoms with Crippen LogP contribution in [-0.4, -0.2) is 37.0 Å². The van der Waals surface area contributed by atoms with Crippen molar-refractivity contribution in [1.82, 2.24) is 4.90 Å². The zero-order valence-electron chi connectivity index (χ0n) is 16.8.